The zero-order chi connectivity index (χ0) is 12.4. The molecule has 2 aromatic rings. The van der Waals surface area contributed by atoms with Crippen molar-refractivity contribution in [3.63, 3.8) is 0 Å². The number of aromatic nitrogens is 2. The van der Waals surface area contributed by atoms with Crippen LogP contribution in [0.1, 0.15) is 22.9 Å². The minimum Gasteiger partial charge on any atom is -0.275 e. The van der Waals surface area contributed by atoms with E-state index in [0.29, 0.717) is 5.02 Å². The van der Waals surface area contributed by atoms with Crippen LogP contribution in [0.3, 0.4) is 0 Å². The fourth-order valence-electron chi connectivity index (χ4n) is 1.95. The largest absolute Gasteiger partial charge is 0.275 e. The molecule has 0 aliphatic carbocycles. The molecule has 5 heteroatoms. The molecule has 1 unspecified atom stereocenters. The lowest BCUT2D eigenvalue weighted by Gasteiger charge is -2.15. The Balaban J connectivity index is 2.43. The number of nitrogens with two attached hydrogens (primary N) is 1. The average Bonchev–Trinajstić information content (AvgIpc) is 2.59. The molecule has 0 aliphatic rings. The molecular formula is C12H15ClN4. The molecule has 3 N–H and O–H groups in total. The van der Waals surface area contributed by atoms with Crippen molar-refractivity contribution in [1.29, 1.82) is 0 Å². The number of halogens is 1. The molecule has 0 bridgehead atoms. The highest BCUT2D eigenvalue weighted by molar-refractivity contribution is 6.30. The zero-order valence-corrected chi connectivity index (χ0v) is 10.6. The van der Waals surface area contributed by atoms with E-state index < -0.39 is 0 Å². The summed E-state index contributed by atoms with van der Waals surface area (Å²) in [4.78, 5) is 0. The second kappa shape index (κ2) is 4.87. The number of benzene rings is 1. The predicted molar refractivity (Wildman–Crippen MR) is 68.6 cm³/mol. The SMILES string of the molecule is Cc1nn(C)cc1C(NN)c1cccc(Cl)c1. The van der Waals surface area contributed by atoms with Crippen molar-refractivity contribution >= 4 is 11.6 Å². The Kier molecular flexibility index (Phi) is 3.47. The van der Waals surface area contributed by atoms with Gasteiger partial charge in [0.25, 0.3) is 0 Å². The Bertz CT molecular complexity index is 521. The molecule has 0 radical (unpaired) electrons. The van der Waals surface area contributed by atoms with Crippen LogP contribution in [0.2, 0.25) is 5.02 Å². The van der Waals surface area contributed by atoms with Crippen LogP contribution >= 0.6 is 11.6 Å². The quantitative estimate of drug-likeness (QED) is 0.647. The fraction of sp³-hybridized carbons (Fsp3) is 0.250. The van der Waals surface area contributed by atoms with Gasteiger partial charge in [0.1, 0.15) is 0 Å². The first-order chi connectivity index (χ1) is 8.11. The monoisotopic (exact) mass is 250 g/mol. The van der Waals surface area contributed by atoms with Crippen LogP contribution in [0, 0.1) is 6.92 Å². The first kappa shape index (κ1) is 12.1. The number of aryl methyl sites for hydroxylation is 2. The standard InChI is InChI=1S/C12H15ClN4/c1-8-11(7-17(2)16-8)12(15-14)9-4-3-5-10(13)6-9/h3-7,12,15H,14H2,1-2H3. The van der Waals surface area contributed by atoms with E-state index >= 15 is 0 Å². The molecule has 4 nitrogen and oxygen atoms in total. The Morgan fingerprint density at radius 1 is 1.47 bits per heavy atom. The van der Waals surface area contributed by atoms with Crippen molar-refractivity contribution in [3.05, 3.63) is 52.3 Å². The van der Waals surface area contributed by atoms with Gasteiger partial charge in [-0.05, 0) is 24.6 Å². The summed E-state index contributed by atoms with van der Waals surface area (Å²) in [6, 6.07) is 7.55. The summed E-state index contributed by atoms with van der Waals surface area (Å²) < 4.78 is 1.78. The molecule has 1 aromatic carbocycles. The van der Waals surface area contributed by atoms with Gasteiger partial charge in [-0.1, -0.05) is 23.7 Å². The third-order valence-electron chi connectivity index (χ3n) is 2.71. The molecule has 17 heavy (non-hydrogen) atoms. The Labute approximate surface area is 105 Å². The predicted octanol–water partition coefficient (Wildman–Crippen LogP) is 1.93. The number of rotatable bonds is 3. The number of nitrogens with one attached hydrogen (secondary N) is 1. The maximum absolute atomic E-state index is 5.99. The van der Waals surface area contributed by atoms with E-state index in [1.165, 1.54) is 0 Å². The lowest BCUT2D eigenvalue weighted by atomic mass is 10.0. The molecule has 90 valence electrons. The summed E-state index contributed by atoms with van der Waals surface area (Å²) in [6.45, 7) is 1.96. The second-order valence-electron chi connectivity index (χ2n) is 4.00. The van der Waals surface area contributed by atoms with E-state index in [-0.39, 0.29) is 6.04 Å². The first-order valence-electron chi connectivity index (χ1n) is 5.33. The molecule has 0 aliphatic heterocycles. The maximum Gasteiger partial charge on any atom is 0.0743 e. The Morgan fingerprint density at radius 2 is 2.24 bits per heavy atom. The van der Waals surface area contributed by atoms with Crippen LogP contribution in [0.25, 0.3) is 0 Å². The summed E-state index contributed by atoms with van der Waals surface area (Å²) in [7, 11) is 1.89. The summed E-state index contributed by atoms with van der Waals surface area (Å²) in [5.41, 5.74) is 5.84. The smallest absolute Gasteiger partial charge is 0.0743 e. The van der Waals surface area contributed by atoms with Gasteiger partial charge in [0.2, 0.25) is 0 Å². The van der Waals surface area contributed by atoms with Gasteiger partial charge in [0, 0.05) is 23.8 Å². The zero-order valence-electron chi connectivity index (χ0n) is 9.81. The summed E-state index contributed by atoms with van der Waals surface area (Å²) in [5, 5.41) is 5.01. The number of nitrogens with zero attached hydrogens (tertiary/aromatic N) is 2. The minimum atomic E-state index is -0.0950. The number of hydrogen-bond acceptors (Lipinski definition) is 3. The third-order valence-corrected chi connectivity index (χ3v) is 2.95. The minimum absolute atomic E-state index is 0.0950. The Hall–Kier alpha value is -1.36. The van der Waals surface area contributed by atoms with Crippen molar-refractivity contribution in [3.8, 4) is 0 Å². The van der Waals surface area contributed by atoms with Crippen molar-refractivity contribution in [1.82, 2.24) is 15.2 Å². The van der Waals surface area contributed by atoms with Crippen LogP contribution in [-0.2, 0) is 7.05 Å². The maximum atomic E-state index is 5.99. The first-order valence-corrected chi connectivity index (χ1v) is 5.71. The van der Waals surface area contributed by atoms with E-state index in [9.17, 15) is 0 Å². The molecule has 0 saturated carbocycles. The molecule has 1 aromatic heterocycles. The van der Waals surface area contributed by atoms with Gasteiger partial charge in [-0.3, -0.25) is 10.5 Å². The lowest BCUT2D eigenvalue weighted by molar-refractivity contribution is 0.633. The molecule has 1 atom stereocenters. The second-order valence-corrected chi connectivity index (χ2v) is 4.43. The van der Waals surface area contributed by atoms with Gasteiger partial charge in [-0.2, -0.15) is 5.10 Å². The van der Waals surface area contributed by atoms with Gasteiger partial charge in [0.15, 0.2) is 0 Å². The highest BCUT2D eigenvalue weighted by Crippen LogP contribution is 2.25. The van der Waals surface area contributed by atoms with E-state index in [2.05, 4.69) is 10.5 Å². The molecule has 0 spiro atoms. The molecule has 1 heterocycles. The van der Waals surface area contributed by atoms with Crippen LogP contribution in [0.15, 0.2) is 30.5 Å². The highest BCUT2D eigenvalue weighted by atomic mass is 35.5. The average molecular weight is 251 g/mol. The van der Waals surface area contributed by atoms with Gasteiger partial charge >= 0.3 is 0 Å². The lowest BCUT2D eigenvalue weighted by Crippen LogP contribution is -2.29. The molecule has 0 amide bonds. The molecule has 0 saturated heterocycles. The number of hydrazine groups is 1. The summed E-state index contributed by atoms with van der Waals surface area (Å²) in [6.07, 6.45) is 1.96. The third kappa shape index (κ3) is 2.49. The van der Waals surface area contributed by atoms with E-state index in [1.54, 1.807) is 4.68 Å². The Morgan fingerprint density at radius 3 is 2.76 bits per heavy atom. The van der Waals surface area contributed by atoms with Gasteiger partial charge in [0.05, 0.1) is 11.7 Å². The van der Waals surface area contributed by atoms with Crippen molar-refractivity contribution in [2.24, 2.45) is 12.9 Å². The van der Waals surface area contributed by atoms with E-state index in [0.717, 1.165) is 16.8 Å². The summed E-state index contributed by atoms with van der Waals surface area (Å²) >= 11 is 5.99. The van der Waals surface area contributed by atoms with Crippen molar-refractivity contribution in [2.45, 2.75) is 13.0 Å². The van der Waals surface area contributed by atoms with Crippen molar-refractivity contribution in [2.75, 3.05) is 0 Å². The fourth-order valence-corrected chi connectivity index (χ4v) is 2.15. The van der Waals surface area contributed by atoms with E-state index in [1.807, 2.05) is 44.4 Å². The van der Waals surface area contributed by atoms with Crippen LogP contribution in [0.4, 0.5) is 0 Å². The van der Waals surface area contributed by atoms with Crippen LogP contribution in [0.5, 0.6) is 0 Å². The highest BCUT2D eigenvalue weighted by Gasteiger charge is 2.17. The van der Waals surface area contributed by atoms with Gasteiger partial charge < -0.3 is 0 Å². The topological polar surface area (TPSA) is 55.9 Å². The number of hydrogen-bond donors (Lipinski definition) is 2. The molecule has 2 rings (SSSR count). The van der Waals surface area contributed by atoms with Crippen molar-refractivity contribution < 1.29 is 0 Å². The van der Waals surface area contributed by atoms with Crippen LogP contribution < -0.4 is 11.3 Å². The van der Waals surface area contributed by atoms with E-state index in [4.69, 9.17) is 17.4 Å². The normalized spacial score (nSPS) is 12.7. The van der Waals surface area contributed by atoms with Gasteiger partial charge in [-0.15, -0.1) is 0 Å². The van der Waals surface area contributed by atoms with Crippen LogP contribution in [-0.4, -0.2) is 9.78 Å². The summed E-state index contributed by atoms with van der Waals surface area (Å²) in [5.74, 6) is 5.63. The van der Waals surface area contributed by atoms with Gasteiger partial charge in [-0.25, -0.2) is 5.43 Å². The molecule has 0 fully saturated rings. The molecular weight excluding hydrogens is 236 g/mol.